The van der Waals surface area contributed by atoms with E-state index >= 15 is 4.39 Å². The molecule has 1 aromatic heterocycles. The Bertz CT molecular complexity index is 861. The van der Waals surface area contributed by atoms with Gasteiger partial charge in [-0.1, -0.05) is 23.9 Å². The predicted molar refractivity (Wildman–Crippen MR) is 109 cm³/mol. The fraction of sp³-hybridized carbons (Fsp3) is 0.429. The smallest absolute Gasteiger partial charge is 0.321 e. The number of hydrogen-bond donors (Lipinski definition) is 1. The van der Waals surface area contributed by atoms with Gasteiger partial charge in [-0.15, -0.1) is 0 Å². The number of piperidine rings is 1. The van der Waals surface area contributed by atoms with Crippen molar-refractivity contribution in [3.63, 3.8) is 0 Å². The molecule has 0 bridgehead atoms. The maximum atomic E-state index is 15.4. The summed E-state index contributed by atoms with van der Waals surface area (Å²) in [6, 6.07) is 7.88. The van der Waals surface area contributed by atoms with Gasteiger partial charge in [0.25, 0.3) is 5.92 Å². The molecule has 1 N–H and O–H groups in total. The van der Waals surface area contributed by atoms with Gasteiger partial charge in [-0.05, 0) is 44.0 Å². The number of rotatable bonds is 5. The van der Waals surface area contributed by atoms with Crippen LogP contribution in [0.5, 0.6) is 0 Å². The molecule has 3 rings (SSSR count). The van der Waals surface area contributed by atoms with Crippen LogP contribution in [0.4, 0.5) is 28.0 Å². The lowest BCUT2D eigenvalue weighted by molar-refractivity contribution is 0.0174. The van der Waals surface area contributed by atoms with Crippen LogP contribution in [0.2, 0.25) is 0 Å². The number of carbonyl (C=O) groups is 1. The molecule has 30 heavy (non-hydrogen) atoms. The molecule has 0 aliphatic carbocycles. The van der Waals surface area contributed by atoms with Gasteiger partial charge < -0.3 is 10.2 Å². The minimum absolute atomic E-state index is 0.108. The van der Waals surface area contributed by atoms with E-state index in [0.29, 0.717) is 36.5 Å². The number of alkyl halides is 3. The lowest BCUT2D eigenvalue weighted by atomic mass is 9.92. The first-order valence-corrected chi connectivity index (χ1v) is 10.4. The summed E-state index contributed by atoms with van der Waals surface area (Å²) < 4.78 is 54.9. The molecule has 2 heterocycles. The number of nitrogens with one attached hydrogen (secondary N) is 1. The standard InChI is InChI=1S/C21H23F4N3OS/c1-20(23,24)14-3-6-17(7-4-14)30-21(2,25)15-9-11-28(12-10-15)19(29)27-16-5-8-18(22)26-13-16/h3-8,13,15H,9-12H2,1-2H3,(H,27,29). The number of aromatic nitrogens is 1. The van der Waals surface area contributed by atoms with Crippen molar-refractivity contribution in [2.24, 2.45) is 5.92 Å². The van der Waals surface area contributed by atoms with Gasteiger partial charge in [0.1, 0.15) is 0 Å². The van der Waals surface area contributed by atoms with Crippen molar-refractivity contribution >= 4 is 23.5 Å². The third kappa shape index (κ3) is 5.65. The van der Waals surface area contributed by atoms with Crippen molar-refractivity contribution in [1.82, 2.24) is 9.88 Å². The van der Waals surface area contributed by atoms with E-state index < -0.39 is 16.9 Å². The quantitative estimate of drug-likeness (QED) is 0.349. The molecule has 1 fully saturated rings. The molecule has 9 heteroatoms. The molecule has 0 radical (unpaired) electrons. The molecular formula is C21H23F4N3OS. The Morgan fingerprint density at radius 1 is 1.10 bits per heavy atom. The highest BCUT2D eigenvalue weighted by atomic mass is 32.2. The highest BCUT2D eigenvalue weighted by molar-refractivity contribution is 8.00. The Balaban J connectivity index is 1.54. The number of urea groups is 1. The van der Waals surface area contributed by atoms with Gasteiger partial charge in [-0.2, -0.15) is 4.39 Å². The number of pyridine rings is 1. The van der Waals surface area contributed by atoms with Gasteiger partial charge in [0.15, 0.2) is 5.00 Å². The number of carbonyl (C=O) groups excluding carboxylic acids is 1. The van der Waals surface area contributed by atoms with E-state index in [1.54, 1.807) is 4.90 Å². The van der Waals surface area contributed by atoms with Crippen LogP contribution in [0.1, 0.15) is 32.3 Å². The second-order valence-electron chi connectivity index (χ2n) is 7.56. The zero-order valence-electron chi connectivity index (χ0n) is 16.7. The fourth-order valence-corrected chi connectivity index (χ4v) is 4.52. The normalized spacial score (nSPS) is 17.5. The summed E-state index contributed by atoms with van der Waals surface area (Å²) in [7, 11) is 0. The molecule has 1 atom stereocenters. The van der Waals surface area contributed by atoms with Crippen LogP contribution in [0.3, 0.4) is 0 Å². The van der Waals surface area contributed by atoms with E-state index in [2.05, 4.69) is 10.3 Å². The number of hydrogen-bond acceptors (Lipinski definition) is 3. The van der Waals surface area contributed by atoms with Gasteiger partial charge in [-0.3, -0.25) is 0 Å². The van der Waals surface area contributed by atoms with E-state index in [-0.39, 0.29) is 17.5 Å². The Hall–Kier alpha value is -2.29. The van der Waals surface area contributed by atoms with Gasteiger partial charge in [0.2, 0.25) is 5.95 Å². The van der Waals surface area contributed by atoms with Gasteiger partial charge in [-0.25, -0.2) is 22.9 Å². The third-order valence-corrected chi connectivity index (χ3v) is 6.41. The monoisotopic (exact) mass is 441 g/mol. The maximum absolute atomic E-state index is 15.4. The molecule has 1 aromatic carbocycles. The van der Waals surface area contributed by atoms with E-state index in [1.165, 1.54) is 43.5 Å². The first-order valence-electron chi connectivity index (χ1n) is 9.58. The van der Waals surface area contributed by atoms with E-state index in [4.69, 9.17) is 0 Å². The van der Waals surface area contributed by atoms with Crippen LogP contribution in [0.25, 0.3) is 0 Å². The van der Waals surface area contributed by atoms with Crippen molar-refractivity contribution in [3.05, 3.63) is 54.1 Å². The molecule has 1 saturated heterocycles. The highest BCUT2D eigenvalue weighted by Gasteiger charge is 2.38. The number of halogens is 4. The molecule has 0 saturated carbocycles. The Morgan fingerprint density at radius 3 is 2.27 bits per heavy atom. The van der Waals surface area contributed by atoms with E-state index in [0.717, 1.165) is 24.8 Å². The van der Waals surface area contributed by atoms with Crippen LogP contribution in [0, 0.1) is 11.9 Å². The molecule has 2 aromatic rings. The molecule has 0 spiro atoms. The van der Waals surface area contributed by atoms with Crippen molar-refractivity contribution in [2.45, 2.75) is 42.5 Å². The molecule has 1 aliphatic heterocycles. The first-order chi connectivity index (χ1) is 14.0. The van der Waals surface area contributed by atoms with Gasteiger partial charge in [0.05, 0.1) is 11.9 Å². The second-order valence-corrected chi connectivity index (χ2v) is 9.04. The van der Waals surface area contributed by atoms with Crippen molar-refractivity contribution in [1.29, 1.82) is 0 Å². The third-order valence-electron chi connectivity index (χ3n) is 5.17. The van der Waals surface area contributed by atoms with Crippen LogP contribution in [0.15, 0.2) is 47.5 Å². The van der Waals surface area contributed by atoms with Crippen molar-refractivity contribution in [3.8, 4) is 0 Å². The summed E-state index contributed by atoms with van der Waals surface area (Å²) >= 11 is 1.01. The SMILES string of the molecule is CC(F)(F)c1ccc(SC(C)(F)C2CCN(C(=O)Nc3ccc(F)nc3)CC2)cc1. The van der Waals surface area contributed by atoms with Crippen molar-refractivity contribution < 1.29 is 22.4 Å². The van der Waals surface area contributed by atoms with E-state index in [1.807, 2.05) is 0 Å². The minimum atomic E-state index is -2.93. The largest absolute Gasteiger partial charge is 0.325 e. The zero-order valence-corrected chi connectivity index (χ0v) is 17.5. The first kappa shape index (κ1) is 22.4. The molecule has 4 nitrogen and oxygen atoms in total. The van der Waals surface area contributed by atoms with Crippen molar-refractivity contribution in [2.75, 3.05) is 18.4 Å². The average Bonchev–Trinajstić information content (AvgIpc) is 2.69. The van der Waals surface area contributed by atoms with Crippen LogP contribution >= 0.6 is 11.8 Å². The number of anilines is 1. The summed E-state index contributed by atoms with van der Waals surface area (Å²) in [5, 5.41) is 1.05. The molecule has 162 valence electrons. The molecule has 1 unspecified atom stereocenters. The summed E-state index contributed by atoms with van der Waals surface area (Å²) in [6.07, 6.45) is 2.18. The number of nitrogens with zero attached hydrogens (tertiary/aromatic N) is 2. The lowest BCUT2D eigenvalue weighted by Gasteiger charge is -2.37. The van der Waals surface area contributed by atoms with Gasteiger partial charge >= 0.3 is 6.03 Å². The average molecular weight is 441 g/mol. The minimum Gasteiger partial charge on any atom is -0.325 e. The summed E-state index contributed by atoms with van der Waals surface area (Å²) in [4.78, 5) is 18.0. The summed E-state index contributed by atoms with van der Waals surface area (Å²) in [5.41, 5.74) is 0.276. The fourth-order valence-electron chi connectivity index (χ4n) is 3.38. The number of amides is 2. The Labute approximate surface area is 177 Å². The second kappa shape index (κ2) is 8.83. The molecule has 1 aliphatic rings. The number of benzene rings is 1. The Morgan fingerprint density at radius 2 is 1.73 bits per heavy atom. The topological polar surface area (TPSA) is 45.2 Å². The van der Waals surface area contributed by atoms with Crippen LogP contribution in [-0.4, -0.2) is 34.0 Å². The summed E-state index contributed by atoms with van der Waals surface area (Å²) in [6.45, 7) is 3.08. The molecule has 2 amide bonds. The number of likely N-dealkylation sites (tertiary alicyclic amines) is 1. The lowest BCUT2D eigenvalue weighted by Crippen LogP contribution is -2.44. The van der Waals surface area contributed by atoms with E-state index in [9.17, 15) is 18.0 Å². The van der Waals surface area contributed by atoms with Crippen LogP contribution in [-0.2, 0) is 5.92 Å². The Kier molecular flexibility index (Phi) is 6.59. The molecular weight excluding hydrogens is 418 g/mol. The maximum Gasteiger partial charge on any atom is 0.321 e. The number of thioether (sulfide) groups is 1. The zero-order chi connectivity index (χ0) is 21.9. The summed E-state index contributed by atoms with van der Waals surface area (Å²) in [5.74, 6) is -3.85. The predicted octanol–water partition coefficient (Wildman–Crippen LogP) is 6.05. The van der Waals surface area contributed by atoms with Crippen LogP contribution < -0.4 is 5.32 Å². The highest BCUT2D eigenvalue weighted by Crippen LogP contribution is 2.44. The van der Waals surface area contributed by atoms with Gasteiger partial charge in [0, 0.05) is 36.4 Å².